The third-order valence-electron chi connectivity index (χ3n) is 5.55. The number of nitrogens with one attached hydrogen (secondary N) is 1. The maximum Gasteiger partial charge on any atom is 0.343 e. The number of nitrogens with zero attached hydrogens (tertiary/aromatic N) is 5. The molecule has 0 aliphatic heterocycles. The van der Waals surface area contributed by atoms with E-state index in [0.29, 0.717) is 35.3 Å². The average molecular weight is 422 g/mol. The van der Waals surface area contributed by atoms with Gasteiger partial charge in [-0.1, -0.05) is 0 Å². The summed E-state index contributed by atoms with van der Waals surface area (Å²) < 4.78 is 20.5. The molecule has 3 aromatic rings. The van der Waals surface area contributed by atoms with Gasteiger partial charge in [0.25, 0.3) is 0 Å². The Hall–Kier alpha value is -3.54. The highest BCUT2D eigenvalue weighted by atomic mass is 19.1. The highest BCUT2D eigenvalue weighted by molar-refractivity contribution is 5.94. The van der Waals surface area contributed by atoms with Gasteiger partial charge in [-0.25, -0.2) is 24.1 Å². The van der Waals surface area contributed by atoms with Crippen molar-refractivity contribution in [3.05, 3.63) is 42.1 Å². The number of esters is 1. The molecule has 1 fully saturated rings. The molecule has 0 bridgehead atoms. The fourth-order valence-electron chi connectivity index (χ4n) is 3.93. The van der Waals surface area contributed by atoms with Crippen molar-refractivity contribution in [2.45, 2.75) is 45.1 Å². The first-order valence-corrected chi connectivity index (χ1v) is 10.4. The Morgan fingerprint density at radius 2 is 2.10 bits per heavy atom. The van der Waals surface area contributed by atoms with Crippen LogP contribution in [0.2, 0.25) is 0 Å². The molecule has 9 heteroatoms. The number of imidazole rings is 1. The molecule has 0 unspecified atom stereocenters. The van der Waals surface area contributed by atoms with Gasteiger partial charge in [0.2, 0.25) is 0 Å². The van der Waals surface area contributed by atoms with Crippen LogP contribution < -0.4 is 5.32 Å². The Bertz CT molecular complexity index is 1130. The van der Waals surface area contributed by atoms with E-state index in [4.69, 9.17) is 10.00 Å². The zero-order valence-corrected chi connectivity index (χ0v) is 17.2. The zero-order chi connectivity index (χ0) is 21.8. The van der Waals surface area contributed by atoms with Gasteiger partial charge in [0.05, 0.1) is 18.9 Å². The second kappa shape index (κ2) is 9.08. The lowest BCUT2D eigenvalue weighted by atomic mass is 9.84. The summed E-state index contributed by atoms with van der Waals surface area (Å²) in [5, 5.41) is 12.3. The number of hydrogen-bond donors (Lipinski definition) is 1. The number of pyridine rings is 1. The first kappa shape index (κ1) is 20.7. The summed E-state index contributed by atoms with van der Waals surface area (Å²) in [7, 11) is 0. The zero-order valence-electron chi connectivity index (χ0n) is 17.2. The third kappa shape index (κ3) is 4.48. The molecule has 0 aromatic carbocycles. The maximum atomic E-state index is 13.8. The Morgan fingerprint density at radius 3 is 2.84 bits per heavy atom. The van der Waals surface area contributed by atoms with Crippen LogP contribution in [0.25, 0.3) is 17.2 Å². The average Bonchev–Trinajstić information content (AvgIpc) is 3.18. The van der Waals surface area contributed by atoms with Crippen molar-refractivity contribution in [1.29, 1.82) is 5.26 Å². The lowest BCUT2D eigenvalue weighted by molar-refractivity contribution is 0.0526. The predicted molar refractivity (Wildman–Crippen MR) is 112 cm³/mol. The number of carbonyl (C=O) groups excluding carboxylic acids is 1. The van der Waals surface area contributed by atoms with Crippen molar-refractivity contribution in [1.82, 2.24) is 19.4 Å². The van der Waals surface area contributed by atoms with Gasteiger partial charge in [-0.05, 0) is 50.7 Å². The van der Waals surface area contributed by atoms with Crippen LogP contribution in [0.1, 0.15) is 49.4 Å². The molecule has 0 spiro atoms. The van der Waals surface area contributed by atoms with Crippen molar-refractivity contribution < 1.29 is 13.9 Å². The van der Waals surface area contributed by atoms with E-state index in [9.17, 15) is 9.18 Å². The first-order valence-electron chi connectivity index (χ1n) is 10.4. The molecule has 1 saturated carbocycles. The normalized spacial score (nSPS) is 18.5. The van der Waals surface area contributed by atoms with E-state index in [-0.39, 0.29) is 18.2 Å². The summed E-state index contributed by atoms with van der Waals surface area (Å²) in [6, 6.07) is 5.29. The van der Waals surface area contributed by atoms with E-state index in [1.165, 1.54) is 18.5 Å². The van der Waals surface area contributed by atoms with Crippen LogP contribution in [-0.2, 0) is 4.74 Å². The van der Waals surface area contributed by atoms with Crippen molar-refractivity contribution >= 4 is 17.4 Å². The Kier molecular flexibility index (Phi) is 6.07. The number of ether oxygens (including phenoxy) is 1. The van der Waals surface area contributed by atoms with E-state index in [1.807, 2.05) is 0 Å². The van der Waals surface area contributed by atoms with Gasteiger partial charge in [0, 0.05) is 24.9 Å². The van der Waals surface area contributed by atoms with Gasteiger partial charge in [0.1, 0.15) is 28.5 Å². The van der Waals surface area contributed by atoms with E-state index < -0.39 is 11.8 Å². The molecule has 0 amide bonds. The van der Waals surface area contributed by atoms with E-state index in [1.54, 1.807) is 23.6 Å². The van der Waals surface area contributed by atoms with Crippen LogP contribution in [0.15, 0.2) is 30.7 Å². The van der Waals surface area contributed by atoms with E-state index in [2.05, 4.69) is 26.3 Å². The van der Waals surface area contributed by atoms with Crippen LogP contribution in [-0.4, -0.2) is 38.0 Å². The van der Waals surface area contributed by atoms with Gasteiger partial charge in [-0.3, -0.25) is 4.40 Å². The minimum Gasteiger partial charge on any atom is -0.462 e. The largest absolute Gasteiger partial charge is 0.462 e. The van der Waals surface area contributed by atoms with E-state index >= 15 is 0 Å². The van der Waals surface area contributed by atoms with Crippen LogP contribution >= 0.6 is 0 Å². The highest BCUT2D eigenvalue weighted by Gasteiger charge is 2.24. The molecule has 3 heterocycles. The maximum absolute atomic E-state index is 13.8. The van der Waals surface area contributed by atoms with Gasteiger partial charge in [-0.15, -0.1) is 0 Å². The summed E-state index contributed by atoms with van der Waals surface area (Å²) in [4.78, 5) is 25.6. The summed E-state index contributed by atoms with van der Waals surface area (Å²) in [6.07, 6.45) is 8.57. The molecule has 1 N–H and O–H groups in total. The SMILES string of the molecule is CCOC(=O)c1cnc(-c2cnc3ccc(F)cn23)nc1NC1CCC(CC#N)CC1. The molecule has 1 aliphatic rings. The van der Waals surface area contributed by atoms with Crippen LogP contribution in [0.5, 0.6) is 0 Å². The molecule has 160 valence electrons. The molecule has 3 aromatic heterocycles. The Labute approximate surface area is 179 Å². The third-order valence-corrected chi connectivity index (χ3v) is 5.55. The van der Waals surface area contributed by atoms with Crippen molar-refractivity contribution in [2.24, 2.45) is 5.92 Å². The summed E-state index contributed by atoms with van der Waals surface area (Å²) in [5.41, 5.74) is 1.34. The number of hydrogen-bond acceptors (Lipinski definition) is 7. The molecule has 8 nitrogen and oxygen atoms in total. The topological polar surface area (TPSA) is 105 Å². The number of fused-ring (bicyclic) bond motifs is 1. The van der Waals surface area contributed by atoms with Gasteiger partial charge >= 0.3 is 5.97 Å². The molecule has 0 radical (unpaired) electrons. The smallest absolute Gasteiger partial charge is 0.343 e. The van der Waals surface area contributed by atoms with Gasteiger partial charge < -0.3 is 10.1 Å². The van der Waals surface area contributed by atoms with Crippen molar-refractivity contribution in [2.75, 3.05) is 11.9 Å². The molecule has 1 aliphatic carbocycles. The molecule has 31 heavy (non-hydrogen) atoms. The predicted octanol–water partition coefficient (Wildman–Crippen LogP) is 3.99. The quantitative estimate of drug-likeness (QED) is 0.599. The Morgan fingerprint density at radius 1 is 1.29 bits per heavy atom. The number of aromatic nitrogens is 4. The lowest BCUT2D eigenvalue weighted by Gasteiger charge is -2.28. The van der Waals surface area contributed by atoms with Gasteiger partial charge in [-0.2, -0.15) is 5.26 Å². The summed E-state index contributed by atoms with van der Waals surface area (Å²) >= 11 is 0. The minimum atomic E-state index is -0.501. The minimum absolute atomic E-state index is 0.130. The van der Waals surface area contributed by atoms with Gasteiger partial charge in [0.15, 0.2) is 5.82 Å². The second-order valence-corrected chi connectivity index (χ2v) is 7.62. The van der Waals surface area contributed by atoms with Crippen molar-refractivity contribution in [3.8, 4) is 17.6 Å². The number of rotatable bonds is 6. The molecular formula is C22H23FN6O2. The summed E-state index contributed by atoms with van der Waals surface area (Å²) in [6.45, 7) is 1.98. The molecule has 4 rings (SSSR count). The fourth-order valence-corrected chi connectivity index (χ4v) is 3.93. The summed E-state index contributed by atoms with van der Waals surface area (Å²) in [5.74, 6) is 0.230. The van der Waals surface area contributed by atoms with Crippen molar-refractivity contribution in [3.63, 3.8) is 0 Å². The first-order chi connectivity index (χ1) is 15.1. The second-order valence-electron chi connectivity index (χ2n) is 7.62. The van der Waals surface area contributed by atoms with Crippen LogP contribution in [0.3, 0.4) is 0 Å². The Balaban J connectivity index is 1.65. The molecule has 0 atom stereocenters. The lowest BCUT2D eigenvalue weighted by Crippen LogP contribution is -2.27. The van der Waals surface area contributed by atoms with E-state index in [0.717, 1.165) is 25.7 Å². The number of anilines is 1. The number of halogens is 1. The number of nitriles is 1. The van der Waals surface area contributed by atoms with Crippen LogP contribution in [0, 0.1) is 23.1 Å². The standard InChI is InChI=1S/C22H23FN6O2/c1-2-31-22(30)17-11-26-21(18-12-25-19-8-5-15(23)13-29(18)19)28-20(17)27-16-6-3-14(4-7-16)9-10-24/h5,8,11-14,16H,2-4,6-7,9H2,1H3,(H,26,27,28). The fraction of sp³-hybridized carbons (Fsp3) is 0.409. The highest BCUT2D eigenvalue weighted by Crippen LogP contribution is 2.30. The van der Waals surface area contributed by atoms with Crippen LogP contribution in [0.4, 0.5) is 10.2 Å². The number of carbonyl (C=O) groups is 1. The molecular weight excluding hydrogens is 399 g/mol. The monoisotopic (exact) mass is 422 g/mol. The molecule has 0 saturated heterocycles.